The van der Waals surface area contributed by atoms with Gasteiger partial charge in [0.2, 0.25) is 5.91 Å². The van der Waals surface area contributed by atoms with Crippen molar-refractivity contribution < 1.29 is 23.3 Å². The fourth-order valence-electron chi connectivity index (χ4n) is 6.98. The molecule has 2 amide bonds. The number of nitrogens with zero attached hydrogens (tertiary/aromatic N) is 4. The standard InChI is InChI=1S/C37H46ClN5O5S/c1-47-34-10-3-2-6-22-49(46,40-36(44)11-7-19-43-20-8-18-39-43)41-37(45)28-14-17-35-33(24-28)42(26-30-13-16-32(30)34)25-29-12-15-31(38)23-27(29)9-4-5-21-48-35/h3,8,10,12,14-15,17-18,20,23-24,30,32,34H,2,4-7,9,11,13,16,19,21-22,25-26H2,1H3,(H,40,41,44,45,46)/b10-3+/t30-,32+,34-,49+/m0/s1. The molecule has 1 N–H and O–H groups in total. The molecule has 0 saturated heterocycles. The highest BCUT2D eigenvalue weighted by atomic mass is 35.5. The van der Waals surface area contributed by atoms with Gasteiger partial charge in [-0.15, -0.1) is 4.36 Å². The molecule has 0 unspecified atom stereocenters. The van der Waals surface area contributed by atoms with Crippen LogP contribution in [0.2, 0.25) is 5.02 Å². The normalized spacial score (nSPS) is 25.3. The lowest BCUT2D eigenvalue weighted by Crippen LogP contribution is -2.43. The van der Waals surface area contributed by atoms with Gasteiger partial charge in [0, 0.05) is 56.1 Å². The molecule has 3 heterocycles. The second kappa shape index (κ2) is 16.4. The van der Waals surface area contributed by atoms with E-state index in [1.54, 1.807) is 24.1 Å². The zero-order chi connectivity index (χ0) is 34.2. The van der Waals surface area contributed by atoms with E-state index in [1.165, 1.54) is 11.1 Å². The Bertz CT molecular complexity index is 1770. The Labute approximate surface area is 294 Å². The van der Waals surface area contributed by atoms with Crippen LogP contribution in [0.5, 0.6) is 5.75 Å². The molecule has 3 aromatic rings. The molecule has 262 valence electrons. The van der Waals surface area contributed by atoms with Gasteiger partial charge in [-0.3, -0.25) is 19.0 Å². The first-order valence-corrected chi connectivity index (χ1v) is 19.4. The minimum Gasteiger partial charge on any atom is -0.491 e. The SMILES string of the molecule is CO[C@H]1/C=C/CCC[S@@](=O)(NC(=O)CCCn2cccn2)=NC(=O)c2ccc3c(c2)N(Cc2ccc(Cl)cc2CCCCO3)C[C@@H]2CC[C@H]21. The van der Waals surface area contributed by atoms with E-state index in [2.05, 4.69) is 43.4 Å². The topological polar surface area (TPSA) is 115 Å². The van der Waals surface area contributed by atoms with Crippen LogP contribution >= 0.6 is 11.6 Å². The molecule has 49 heavy (non-hydrogen) atoms. The summed E-state index contributed by atoms with van der Waals surface area (Å²) in [6, 6.07) is 13.2. The molecule has 2 aliphatic heterocycles. The van der Waals surface area contributed by atoms with Crippen LogP contribution in [-0.2, 0) is 39.0 Å². The summed E-state index contributed by atoms with van der Waals surface area (Å²) in [5.41, 5.74) is 3.49. The van der Waals surface area contributed by atoms with Crippen molar-refractivity contribution >= 4 is 39.0 Å². The highest BCUT2D eigenvalue weighted by molar-refractivity contribution is 7.92. The van der Waals surface area contributed by atoms with Gasteiger partial charge in [0.05, 0.1) is 24.2 Å². The number of methoxy groups -OCH3 is 1. The molecule has 2 aromatic carbocycles. The number of aryl methyl sites for hydroxylation is 2. The molecule has 1 fully saturated rings. The number of allylic oxidation sites excluding steroid dienone is 1. The highest BCUT2D eigenvalue weighted by Crippen LogP contribution is 2.42. The lowest BCUT2D eigenvalue weighted by Gasteiger charge is -2.43. The Kier molecular flexibility index (Phi) is 11.7. The largest absolute Gasteiger partial charge is 0.491 e. The Morgan fingerprint density at radius 2 is 2.04 bits per heavy atom. The van der Waals surface area contributed by atoms with Crippen LogP contribution in [0.1, 0.15) is 72.9 Å². The Morgan fingerprint density at radius 3 is 2.84 bits per heavy atom. The summed E-state index contributed by atoms with van der Waals surface area (Å²) in [5.74, 6) is 0.426. The number of carbonyl (C=O) groups is 2. The molecule has 0 radical (unpaired) electrons. The van der Waals surface area contributed by atoms with E-state index in [-0.39, 0.29) is 18.3 Å². The van der Waals surface area contributed by atoms with Gasteiger partial charge in [0.1, 0.15) is 15.7 Å². The number of fused-ring (bicyclic) bond motifs is 3. The van der Waals surface area contributed by atoms with E-state index >= 15 is 0 Å². The van der Waals surface area contributed by atoms with Crippen molar-refractivity contribution in [3.05, 3.63) is 88.7 Å². The van der Waals surface area contributed by atoms with Crippen LogP contribution in [0.25, 0.3) is 0 Å². The van der Waals surface area contributed by atoms with Crippen molar-refractivity contribution in [2.75, 3.05) is 30.9 Å². The first kappa shape index (κ1) is 35.2. The average Bonchev–Trinajstić information content (AvgIpc) is 3.58. The van der Waals surface area contributed by atoms with E-state index in [0.717, 1.165) is 49.4 Å². The molecule has 3 aliphatic rings. The molecule has 0 spiro atoms. The lowest BCUT2D eigenvalue weighted by atomic mass is 9.70. The van der Waals surface area contributed by atoms with Crippen LogP contribution in [-0.4, -0.2) is 57.9 Å². The van der Waals surface area contributed by atoms with Gasteiger partial charge in [0.15, 0.2) is 0 Å². The summed E-state index contributed by atoms with van der Waals surface area (Å²) < 4.78 is 35.2. The minimum atomic E-state index is -3.40. The Morgan fingerprint density at radius 1 is 1.14 bits per heavy atom. The third-order valence-electron chi connectivity index (χ3n) is 9.77. The fraction of sp³-hybridized carbons (Fsp3) is 0.486. The van der Waals surface area contributed by atoms with Crippen LogP contribution in [0.4, 0.5) is 5.69 Å². The average molecular weight is 708 g/mol. The maximum Gasteiger partial charge on any atom is 0.286 e. The molecule has 2 bridgehead atoms. The number of benzene rings is 2. The van der Waals surface area contributed by atoms with Crippen LogP contribution in [0.15, 0.2) is 71.4 Å². The second-order valence-electron chi connectivity index (χ2n) is 13.2. The third-order valence-corrected chi connectivity index (χ3v) is 11.9. The highest BCUT2D eigenvalue weighted by Gasteiger charge is 2.38. The Balaban J connectivity index is 1.36. The second-order valence-corrected chi connectivity index (χ2v) is 15.7. The number of ether oxygens (including phenoxy) is 2. The van der Waals surface area contributed by atoms with E-state index in [1.807, 2.05) is 30.5 Å². The van der Waals surface area contributed by atoms with Gasteiger partial charge in [-0.1, -0.05) is 29.8 Å². The molecule has 10 nitrogen and oxygen atoms in total. The summed E-state index contributed by atoms with van der Waals surface area (Å²) in [7, 11) is -1.65. The zero-order valence-corrected chi connectivity index (χ0v) is 29.7. The Hall–Kier alpha value is -3.67. The number of hydrogen-bond donors (Lipinski definition) is 1. The van der Waals surface area contributed by atoms with Crippen molar-refractivity contribution in [3.8, 4) is 5.75 Å². The van der Waals surface area contributed by atoms with Crippen LogP contribution in [0, 0.1) is 11.8 Å². The van der Waals surface area contributed by atoms with Crippen LogP contribution < -0.4 is 14.4 Å². The molecule has 1 saturated carbocycles. The number of halogens is 1. The van der Waals surface area contributed by atoms with Gasteiger partial charge in [-0.2, -0.15) is 5.10 Å². The predicted octanol–water partition coefficient (Wildman–Crippen LogP) is 6.77. The van der Waals surface area contributed by atoms with Gasteiger partial charge in [-0.05, 0) is 111 Å². The molecular formula is C37H46ClN5O5S. The summed E-state index contributed by atoms with van der Waals surface area (Å²) in [4.78, 5) is 29.1. The molecule has 12 heteroatoms. The number of anilines is 1. The van der Waals surface area contributed by atoms with Gasteiger partial charge < -0.3 is 14.4 Å². The van der Waals surface area contributed by atoms with E-state index in [9.17, 15) is 13.8 Å². The molecular weight excluding hydrogens is 662 g/mol. The monoisotopic (exact) mass is 707 g/mol. The van der Waals surface area contributed by atoms with Crippen molar-refractivity contribution in [1.29, 1.82) is 0 Å². The van der Waals surface area contributed by atoms with E-state index in [4.69, 9.17) is 21.1 Å². The van der Waals surface area contributed by atoms with Crippen molar-refractivity contribution in [2.24, 2.45) is 16.2 Å². The number of hydrogen-bond acceptors (Lipinski definition) is 7. The molecule has 4 atom stereocenters. The number of nitrogens with one attached hydrogen (secondary N) is 1. The van der Waals surface area contributed by atoms with Gasteiger partial charge in [-0.25, -0.2) is 4.21 Å². The predicted molar refractivity (Wildman–Crippen MR) is 192 cm³/mol. The summed E-state index contributed by atoms with van der Waals surface area (Å²) in [6.07, 6.45) is 14.3. The number of rotatable bonds is 6. The minimum absolute atomic E-state index is 0.0474. The third kappa shape index (κ3) is 9.12. The van der Waals surface area contributed by atoms with Crippen molar-refractivity contribution in [2.45, 2.75) is 77.0 Å². The smallest absolute Gasteiger partial charge is 0.286 e. The summed E-state index contributed by atoms with van der Waals surface area (Å²) in [6.45, 7) is 2.45. The van der Waals surface area contributed by atoms with E-state index < -0.39 is 21.7 Å². The number of amides is 2. The quantitative estimate of drug-likeness (QED) is 0.281. The lowest BCUT2D eigenvalue weighted by molar-refractivity contribution is -0.119. The molecule has 1 aromatic heterocycles. The number of carbonyl (C=O) groups excluding carboxylic acids is 2. The van der Waals surface area contributed by atoms with E-state index in [0.29, 0.717) is 62.1 Å². The maximum atomic E-state index is 14.2. The zero-order valence-electron chi connectivity index (χ0n) is 28.1. The molecule has 1 aliphatic carbocycles. The first-order chi connectivity index (χ1) is 23.8. The molecule has 6 rings (SSSR count). The maximum absolute atomic E-state index is 14.2. The van der Waals surface area contributed by atoms with Crippen LogP contribution in [0.3, 0.4) is 0 Å². The fourth-order valence-corrected chi connectivity index (χ4v) is 8.81. The summed E-state index contributed by atoms with van der Waals surface area (Å²) >= 11 is 6.45. The van der Waals surface area contributed by atoms with Gasteiger partial charge in [0.25, 0.3) is 5.91 Å². The first-order valence-electron chi connectivity index (χ1n) is 17.4. The van der Waals surface area contributed by atoms with Crippen molar-refractivity contribution in [1.82, 2.24) is 14.5 Å². The van der Waals surface area contributed by atoms with Gasteiger partial charge >= 0.3 is 0 Å². The van der Waals surface area contributed by atoms with Crippen molar-refractivity contribution in [3.63, 3.8) is 0 Å². The number of aromatic nitrogens is 2. The summed E-state index contributed by atoms with van der Waals surface area (Å²) in [5, 5.41) is 4.89.